The monoisotopic (exact) mass is 356 g/mol. The number of carboxylic acid groups (broad SMARTS) is 1. The Hall–Kier alpha value is -1.89. The van der Waals surface area contributed by atoms with E-state index in [-0.39, 0.29) is 24.8 Å². The van der Waals surface area contributed by atoms with Crippen molar-refractivity contribution in [2.75, 3.05) is 13.1 Å². The van der Waals surface area contributed by atoms with Crippen molar-refractivity contribution in [1.29, 1.82) is 0 Å². The summed E-state index contributed by atoms with van der Waals surface area (Å²) in [6.07, 6.45) is 1.20. The van der Waals surface area contributed by atoms with Crippen LogP contribution in [0.25, 0.3) is 0 Å². The molecule has 0 aliphatic heterocycles. The molecule has 0 spiro atoms. The molecule has 0 atom stereocenters. The third kappa shape index (κ3) is 6.89. The molecule has 3 N–H and O–H groups in total. The van der Waals surface area contributed by atoms with Crippen LogP contribution < -0.4 is 10.6 Å². The van der Waals surface area contributed by atoms with Crippen LogP contribution in [0, 0.1) is 0 Å². The predicted molar refractivity (Wildman–Crippen MR) is 81.0 cm³/mol. The van der Waals surface area contributed by atoms with E-state index >= 15 is 0 Å². The summed E-state index contributed by atoms with van der Waals surface area (Å²) in [5.41, 5.74) is 0.465. The number of nitrogens with one attached hydrogen (secondary N) is 2. The van der Waals surface area contributed by atoms with E-state index in [2.05, 4.69) is 26.6 Å². The van der Waals surface area contributed by atoms with Gasteiger partial charge in [0.15, 0.2) is 0 Å². The smallest absolute Gasteiger partial charge is 0.303 e. The van der Waals surface area contributed by atoms with Gasteiger partial charge >= 0.3 is 5.97 Å². The van der Waals surface area contributed by atoms with E-state index in [9.17, 15) is 14.4 Å². The highest BCUT2D eigenvalue weighted by molar-refractivity contribution is 9.10. The molecule has 0 aliphatic rings. The molecule has 0 heterocycles. The lowest BCUT2D eigenvalue weighted by Crippen LogP contribution is -2.37. The van der Waals surface area contributed by atoms with Gasteiger partial charge in [-0.2, -0.15) is 0 Å². The minimum atomic E-state index is -0.845. The van der Waals surface area contributed by atoms with Crippen LogP contribution in [0.4, 0.5) is 0 Å². The third-order valence-electron chi connectivity index (χ3n) is 2.67. The van der Waals surface area contributed by atoms with E-state index < -0.39 is 5.97 Å². The number of halogens is 1. The molecule has 0 saturated heterocycles. The summed E-state index contributed by atoms with van der Waals surface area (Å²) in [5, 5.41) is 13.6. The van der Waals surface area contributed by atoms with Gasteiger partial charge in [-0.15, -0.1) is 0 Å². The highest BCUT2D eigenvalue weighted by Gasteiger charge is 2.10. The molecule has 0 radical (unpaired) electrons. The van der Waals surface area contributed by atoms with Gasteiger partial charge in [-0.05, 0) is 40.9 Å². The Kier molecular flexibility index (Phi) is 7.45. The summed E-state index contributed by atoms with van der Waals surface area (Å²) in [4.78, 5) is 33.6. The van der Waals surface area contributed by atoms with Gasteiger partial charge in [0.25, 0.3) is 5.91 Å². The zero-order valence-corrected chi connectivity index (χ0v) is 13.0. The Balaban J connectivity index is 2.22. The first kappa shape index (κ1) is 17.2. The van der Waals surface area contributed by atoms with Crippen LogP contribution in [-0.4, -0.2) is 36.0 Å². The van der Waals surface area contributed by atoms with Crippen LogP contribution >= 0.6 is 15.9 Å². The largest absolute Gasteiger partial charge is 0.481 e. The van der Waals surface area contributed by atoms with Gasteiger partial charge in [0, 0.05) is 17.4 Å². The average molecular weight is 357 g/mol. The average Bonchev–Trinajstić information content (AvgIpc) is 2.44. The maximum Gasteiger partial charge on any atom is 0.303 e. The first-order valence-electron chi connectivity index (χ1n) is 6.52. The van der Waals surface area contributed by atoms with Gasteiger partial charge < -0.3 is 15.7 Å². The fourth-order valence-electron chi connectivity index (χ4n) is 1.59. The molecule has 0 bridgehead atoms. The molecule has 114 valence electrons. The van der Waals surface area contributed by atoms with Crippen molar-refractivity contribution in [1.82, 2.24) is 10.6 Å². The van der Waals surface area contributed by atoms with Crippen molar-refractivity contribution in [3.8, 4) is 0 Å². The molecule has 2 amide bonds. The van der Waals surface area contributed by atoms with Gasteiger partial charge in [-0.3, -0.25) is 14.4 Å². The number of amides is 2. The van der Waals surface area contributed by atoms with Crippen molar-refractivity contribution < 1.29 is 19.5 Å². The van der Waals surface area contributed by atoms with Gasteiger partial charge in [0.2, 0.25) is 5.91 Å². The predicted octanol–water partition coefficient (Wildman–Crippen LogP) is 1.55. The SMILES string of the molecule is O=C(O)CCCCNC(=O)CNC(=O)c1ccccc1Br. The molecule has 1 aromatic carbocycles. The van der Waals surface area contributed by atoms with Crippen LogP contribution in [0.1, 0.15) is 29.6 Å². The summed E-state index contributed by atoms with van der Waals surface area (Å²) in [6, 6.07) is 6.94. The molecular weight excluding hydrogens is 340 g/mol. The summed E-state index contributed by atoms with van der Waals surface area (Å²) in [6.45, 7) is 0.288. The second-order valence-corrected chi connectivity index (χ2v) is 5.22. The molecule has 21 heavy (non-hydrogen) atoms. The molecule has 0 unspecified atom stereocenters. The van der Waals surface area contributed by atoms with Crippen LogP contribution in [-0.2, 0) is 9.59 Å². The highest BCUT2D eigenvalue weighted by Crippen LogP contribution is 2.15. The molecule has 0 fully saturated rings. The number of carbonyl (C=O) groups is 3. The molecule has 1 aromatic rings. The maximum atomic E-state index is 11.8. The van der Waals surface area contributed by atoms with Gasteiger partial charge in [0.1, 0.15) is 0 Å². The molecule has 6 nitrogen and oxygen atoms in total. The quantitative estimate of drug-likeness (QED) is 0.615. The first-order chi connectivity index (χ1) is 10.0. The number of hydrogen-bond donors (Lipinski definition) is 3. The number of aliphatic carboxylic acids is 1. The molecule has 0 saturated carbocycles. The first-order valence-corrected chi connectivity index (χ1v) is 7.31. The number of hydrogen-bond acceptors (Lipinski definition) is 3. The van der Waals surface area contributed by atoms with Crippen LogP contribution in [0.2, 0.25) is 0 Å². The Morgan fingerprint density at radius 1 is 1.10 bits per heavy atom. The minimum absolute atomic E-state index is 0.0919. The maximum absolute atomic E-state index is 11.8. The second kappa shape index (κ2) is 9.12. The fraction of sp³-hybridized carbons (Fsp3) is 0.357. The lowest BCUT2D eigenvalue weighted by molar-refractivity contribution is -0.137. The van der Waals surface area contributed by atoms with Crippen molar-refractivity contribution >= 4 is 33.7 Å². The lowest BCUT2D eigenvalue weighted by atomic mass is 10.2. The fourth-order valence-corrected chi connectivity index (χ4v) is 2.06. The van der Waals surface area contributed by atoms with E-state index in [1.807, 2.05) is 0 Å². The van der Waals surface area contributed by atoms with Crippen LogP contribution in [0.5, 0.6) is 0 Å². The highest BCUT2D eigenvalue weighted by atomic mass is 79.9. The number of carboxylic acids is 1. The Morgan fingerprint density at radius 2 is 1.81 bits per heavy atom. The molecule has 7 heteroatoms. The second-order valence-electron chi connectivity index (χ2n) is 4.36. The summed E-state index contributed by atoms with van der Waals surface area (Å²) in [5.74, 6) is -1.48. The van der Waals surface area contributed by atoms with Crippen molar-refractivity contribution in [3.05, 3.63) is 34.3 Å². The van der Waals surface area contributed by atoms with Crippen LogP contribution in [0.15, 0.2) is 28.7 Å². The van der Waals surface area contributed by atoms with Gasteiger partial charge in [-0.25, -0.2) is 0 Å². The van der Waals surface area contributed by atoms with E-state index in [4.69, 9.17) is 5.11 Å². The van der Waals surface area contributed by atoms with E-state index in [1.54, 1.807) is 24.3 Å². The third-order valence-corrected chi connectivity index (χ3v) is 3.36. The Bertz CT molecular complexity index is 519. The Morgan fingerprint density at radius 3 is 2.48 bits per heavy atom. The summed E-state index contributed by atoms with van der Waals surface area (Å²) < 4.78 is 0.663. The lowest BCUT2D eigenvalue weighted by Gasteiger charge is -2.07. The van der Waals surface area contributed by atoms with E-state index in [1.165, 1.54) is 0 Å². The normalized spacial score (nSPS) is 9.95. The minimum Gasteiger partial charge on any atom is -0.481 e. The van der Waals surface area contributed by atoms with E-state index in [0.29, 0.717) is 29.4 Å². The zero-order valence-electron chi connectivity index (χ0n) is 11.4. The number of unbranched alkanes of at least 4 members (excludes halogenated alkanes) is 1. The molecule has 1 rings (SSSR count). The molecule has 0 aliphatic carbocycles. The summed E-state index contributed by atoms with van der Waals surface area (Å²) >= 11 is 3.27. The summed E-state index contributed by atoms with van der Waals surface area (Å²) in [7, 11) is 0. The molecule has 0 aromatic heterocycles. The number of rotatable bonds is 8. The van der Waals surface area contributed by atoms with E-state index in [0.717, 1.165) is 0 Å². The Labute approximate surface area is 131 Å². The van der Waals surface area contributed by atoms with Crippen molar-refractivity contribution in [2.24, 2.45) is 0 Å². The zero-order chi connectivity index (χ0) is 15.7. The molecular formula is C14H17BrN2O4. The van der Waals surface area contributed by atoms with Crippen molar-refractivity contribution in [2.45, 2.75) is 19.3 Å². The van der Waals surface area contributed by atoms with Crippen LogP contribution in [0.3, 0.4) is 0 Å². The van der Waals surface area contributed by atoms with Gasteiger partial charge in [0.05, 0.1) is 12.1 Å². The van der Waals surface area contributed by atoms with Crippen molar-refractivity contribution in [3.63, 3.8) is 0 Å². The number of carbonyl (C=O) groups excluding carboxylic acids is 2. The topological polar surface area (TPSA) is 95.5 Å². The van der Waals surface area contributed by atoms with Gasteiger partial charge in [-0.1, -0.05) is 12.1 Å². The number of benzene rings is 1. The standard InChI is InChI=1S/C14H17BrN2O4/c15-11-6-2-1-5-10(11)14(21)17-9-12(18)16-8-4-3-7-13(19)20/h1-2,5-6H,3-4,7-9H2,(H,16,18)(H,17,21)(H,19,20).